The molecule has 6 heteroatoms. The fraction of sp³-hybridized carbons (Fsp3) is 0.385. The minimum absolute atomic E-state index is 0.341. The normalized spacial score (nSPS) is 11.8. The van der Waals surface area contributed by atoms with Crippen molar-refractivity contribution >= 4 is 29.3 Å². The van der Waals surface area contributed by atoms with Gasteiger partial charge in [-0.3, -0.25) is 0 Å². The Bertz CT molecular complexity index is 491. The van der Waals surface area contributed by atoms with Crippen LogP contribution in [0.25, 0.3) is 0 Å². The van der Waals surface area contributed by atoms with Crippen molar-refractivity contribution in [3.05, 3.63) is 28.8 Å². The number of anilines is 1. The number of benzene rings is 1. The zero-order valence-corrected chi connectivity index (χ0v) is 11.9. The summed E-state index contributed by atoms with van der Waals surface area (Å²) in [4.78, 5) is 24.2. The van der Waals surface area contributed by atoms with Crippen molar-refractivity contribution in [2.24, 2.45) is 0 Å². The standard InChI is InChI=1S/C13H17ClN2O3/c1-4-11(12(17)18)16(3)13(19)15-10-7-9(14)6-5-8(10)2/h5-7,11H,4H2,1-3H3,(H,15,19)(H,17,18). The first kappa shape index (κ1) is 15.3. The molecule has 0 spiro atoms. The smallest absolute Gasteiger partial charge is 0.326 e. The van der Waals surface area contributed by atoms with Crippen molar-refractivity contribution < 1.29 is 14.7 Å². The molecule has 0 saturated carbocycles. The molecule has 0 aliphatic heterocycles. The lowest BCUT2D eigenvalue weighted by Gasteiger charge is -2.24. The second kappa shape index (κ2) is 6.43. The summed E-state index contributed by atoms with van der Waals surface area (Å²) in [5.41, 5.74) is 1.43. The van der Waals surface area contributed by atoms with Crippen LogP contribution in [0.4, 0.5) is 10.5 Å². The van der Waals surface area contributed by atoms with Crippen molar-refractivity contribution in [3.8, 4) is 0 Å². The van der Waals surface area contributed by atoms with Gasteiger partial charge in [0.2, 0.25) is 0 Å². The number of amides is 2. The van der Waals surface area contributed by atoms with E-state index >= 15 is 0 Å². The molecule has 1 aromatic carbocycles. The van der Waals surface area contributed by atoms with Crippen LogP contribution >= 0.6 is 11.6 Å². The lowest BCUT2D eigenvalue weighted by molar-refractivity contribution is -0.141. The summed E-state index contributed by atoms with van der Waals surface area (Å²) in [7, 11) is 1.46. The summed E-state index contributed by atoms with van der Waals surface area (Å²) in [6, 6.07) is 3.82. The number of carboxylic acid groups (broad SMARTS) is 1. The summed E-state index contributed by atoms with van der Waals surface area (Å²) in [5, 5.41) is 12.2. The highest BCUT2D eigenvalue weighted by Gasteiger charge is 2.24. The Morgan fingerprint density at radius 3 is 2.63 bits per heavy atom. The van der Waals surface area contributed by atoms with E-state index in [1.807, 2.05) is 6.92 Å². The zero-order valence-electron chi connectivity index (χ0n) is 11.1. The van der Waals surface area contributed by atoms with Crippen LogP contribution in [0, 0.1) is 6.92 Å². The number of hydrogen-bond acceptors (Lipinski definition) is 2. The van der Waals surface area contributed by atoms with E-state index in [4.69, 9.17) is 16.7 Å². The van der Waals surface area contributed by atoms with E-state index in [9.17, 15) is 9.59 Å². The first-order chi connectivity index (χ1) is 8.86. The highest BCUT2D eigenvalue weighted by Crippen LogP contribution is 2.20. The van der Waals surface area contributed by atoms with E-state index in [2.05, 4.69) is 5.32 Å². The van der Waals surface area contributed by atoms with Crippen LogP contribution in [0.1, 0.15) is 18.9 Å². The molecule has 0 aliphatic carbocycles. The third-order valence-electron chi connectivity index (χ3n) is 2.90. The van der Waals surface area contributed by atoms with Crippen LogP contribution < -0.4 is 5.32 Å². The third-order valence-corrected chi connectivity index (χ3v) is 3.14. The van der Waals surface area contributed by atoms with Gasteiger partial charge < -0.3 is 15.3 Å². The molecule has 104 valence electrons. The van der Waals surface area contributed by atoms with Crippen molar-refractivity contribution in [1.82, 2.24) is 4.90 Å². The Morgan fingerprint density at radius 2 is 2.11 bits per heavy atom. The second-order valence-electron chi connectivity index (χ2n) is 4.26. The van der Waals surface area contributed by atoms with Gasteiger partial charge in [0.05, 0.1) is 0 Å². The second-order valence-corrected chi connectivity index (χ2v) is 4.70. The van der Waals surface area contributed by atoms with E-state index in [0.29, 0.717) is 17.1 Å². The molecule has 0 aromatic heterocycles. The zero-order chi connectivity index (χ0) is 14.6. The number of hydrogen-bond donors (Lipinski definition) is 2. The summed E-state index contributed by atoms with van der Waals surface area (Å²) in [6.07, 6.45) is 0.341. The number of carbonyl (C=O) groups excluding carboxylic acids is 1. The van der Waals surface area contributed by atoms with E-state index in [0.717, 1.165) is 5.56 Å². The largest absolute Gasteiger partial charge is 0.480 e. The Kier molecular flexibility index (Phi) is 5.18. The summed E-state index contributed by atoms with van der Waals surface area (Å²) in [6.45, 7) is 3.55. The third kappa shape index (κ3) is 3.86. The monoisotopic (exact) mass is 284 g/mol. The maximum Gasteiger partial charge on any atom is 0.326 e. The van der Waals surface area contributed by atoms with Gasteiger partial charge in [-0.25, -0.2) is 9.59 Å². The van der Waals surface area contributed by atoms with Gasteiger partial charge in [0.25, 0.3) is 0 Å². The highest BCUT2D eigenvalue weighted by molar-refractivity contribution is 6.31. The molecule has 0 saturated heterocycles. The maximum absolute atomic E-state index is 12.0. The molecule has 1 aromatic rings. The molecule has 2 N–H and O–H groups in total. The number of halogens is 1. The van der Waals surface area contributed by atoms with Gasteiger partial charge in [-0.2, -0.15) is 0 Å². The molecule has 0 heterocycles. The highest BCUT2D eigenvalue weighted by atomic mass is 35.5. The van der Waals surface area contributed by atoms with Gasteiger partial charge in [-0.05, 0) is 31.0 Å². The van der Waals surface area contributed by atoms with Crippen molar-refractivity contribution in [2.75, 3.05) is 12.4 Å². The van der Waals surface area contributed by atoms with Gasteiger partial charge in [-0.15, -0.1) is 0 Å². The van der Waals surface area contributed by atoms with Crippen LogP contribution in [-0.4, -0.2) is 35.1 Å². The molecule has 2 amide bonds. The molecule has 0 aliphatic rings. The molecule has 5 nitrogen and oxygen atoms in total. The molecule has 1 atom stereocenters. The molecule has 0 fully saturated rings. The number of urea groups is 1. The Labute approximate surface area is 117 Å². The van der Waals surface area contributed by atoms with Crippen molar-refractivity contribution in [1.29, 1.82) is 0 Å². The average Bonchev–Trinajstić information content (AvgIpc) is 2.34. The lowest BCUT2D eigenvalue weighted by Crippen LogP contribution is -2.44. The summed E-state index contributed by atoms with van der Waals surface area (Å²) < 4.78 is 0. The lowest BCUT2D eigenvalue weighted by atomic mass is 10.2. The fourth-order valence-electron chi connectivity index (χ4n) is 1.69. The number of rotatable bonds is 4. The van der Waals surface area contributed by atoms with Crippen molar-refractivity contribution in [2.45, 2.75) is 26.3 Å². The van der Waals surface area contributed by atoms with Crippen LogP contribution in [-0.2, 0) is 4.79 Å². The molecule has 0 bridgehead atoms. The van der Waals surface area contributed by atoms with E-state index in [1.54, 1.807) is 25.1 Å². The predicted molar refractivity (Wildman–Crippen MR) is 74.7 cm³/mol. The first-order valence-electron chi connectivity index (χ1n) is 5.89. The van der Waals surface area contributed by atoms with Gasteiger partial charge in [0.1, 0.15) is 6.04 Å². The van der Waals surface area contributed by atoms with Gasteiger partial charge in [0, 0.05) is 17.8 Å². The SMILES string of the molecule is CCC(C(=O)O)N(C)C(=O)Nc1cc(Cl)ccc1C. The topological polar surface area (TPSA) is 69.6 Å². The molecule has 0 radical (unpaired) electrons. The van der Waals surface area contributed by atoms with E-state index in [-0.39, 0.29) is 0 Å². The first-order valence-corrected chi connectivity index (χ1v) is 6.27. The Balaban J connectivity index is 2.84. The fourth-order valence-corrected chi connectivity index (χ4v) is 1.86. The van der Waals surface area contributed by atoms with Gasteiger partial charge in [-0.1, -0.05) is 24.6 Å². The van der Waals surface area contributed by atoms with E-state index in [1.165, 1.54) is 11.9 Å². The number of nitrogens with one attached hydrogen (secondary N) is 1. The number of nitrogens with zero attached hydrogens (tertiary/aromatic N) is 1. The number of aliphatic carboxylic acids is 1. The van der Waals surface area contributed by atoms with Crippen LogP contribution in [0.5, 0.6) is 0 Å². The minimum Gasteiger partial charge on any atom is -0.480 e. The molecule has 19 heavy (non-hydrogen) atoms. The summed E-state index contributed by atoms with van der Waals surface area (Å²) in [5.74, 6) is -1.03. The van der Waals surface area contributed by atoms with Crippen molar-refractivity contribution in [3.63, 3.8) is 0 Å². The number of carboxylic acids is 1. The predicted octanol–water partition coefficient (Wildman–Crippen LogP) is 2.98. The minimum atomic E-state index is -1.03. The average molecular weight is 285 g/mol. The number of aryl methyl sites for hydroxylation is 1. The Morgan fingerprint density at radius 1 is 1.47 bits per heavy atom. The van der Waals surface area contributed by atoms with Crippen LogP contribution in [0.15, 0.2) is 18.2 Å². The Hall–Kier alpha value is -1.75. The molecular weight excluding hydrogens is 268 g/mol. The molecule has 1 rings (SSSR count). The molecular formula is C13H17ClN2O3. The maximum atomic E-state index is 12.0. The summed E-state index contributed by atoms with van der Waals surface area (Å²) >= 11 is 5.86. The van der Waals surface area contributed by atoms with Crippen LogP contribution in [0.3, 0.4) is 0 Å². The number of likely N-dealkylation sites (N-methyl/N-ethyl adjacent to an activating group) is 1. The quantitative estimate of drug-likeness (QED) is 0.893. The number of carbonyl (C=O) groups is 2. The van der Waals surface area contributed by atoms with Gasteiger partial charge in [0.15, 0.2) is 0 Å². The molecule has 1 unspecified atom stereocenters. The van der Waals surface area contributed by atoms with Crippen LogP contribution in [0.2, 0.25) is 5.02 Å². The van der Waals surface area contributed by atoms with Gasteiger partial charge >= 0.3 is 12.0 Å². The van der Waals surface area contributed by atoms with E-state index < -0.39 is 18.0 Å².